The SMILES string of the molecule is COc1ccc(O)c(CN2CC(C)C(N)C2)c1. The van der Waals surface area contributed by atoms with Crippen molar-refractivity contribution in [2.24, 2.45) is 11.7 Å². The first kappa shape index (κ1) is 12.2. The number of phenols is 1. The van der Waals surface area contributed by atoms with Crippen LogP contribution in [0.2, 0.25) is 0 Å². The number of rotatable bonds is 3. The van der Waals surface area contributed by atoms with E-state index in [0.29, 0.717) is 11.7 Å². The van der Waals surface area contributed by atoms with Crippen molar-refractivity contribution < 1.29 is 9.84 Å². The Balaban J connectivity index is 2.08. The summed E-state index contributed by atoms with van der Waals surface area (Å²) in [6.45, 7) is 4.76. The van der Waals surface area contributed by atoms with E-state index in [-0.39, 0.29) is 6.04 Å². The largest absolute Gasteiger partial charge is 0.508 e. The molecule has 1 saturated heterocycles. The van der Waals surface area contributed by atoms with Crippen LogP contribution in [-0.4, -0.2) is 36.2 Å². The van der Waals surface area contributed by atoms with Crippen LogP contribution in [0.5, 0.6) is 11.5 Å². The van der Waals surface area contributed by atoms with E-state index in [1.54, 1.807) is 19.2 Å². The molecule has 0 aromatic heterocycles. The second-order valence-corrected chi connectivity index (χ2v) is 4.83. The van der Waals surface area contributed by atoms with E-state index in [0.717, 1.165) is 30.9 Å². The van der Waals surface area contributed by atoms with Crippen LogP contribution >= 0.6 is 0 Å². The van der Waals surface area contributed by atoms with Crippen LogP contribution in [0.1, 0.15) is 12.5 Å². The van der Waals surface area contributed by atoms with E-state index in [9.17, 15) is 5.11 Å². The van der Waals surface area contributed by atoms with E-state index in [4.69, 9.17) is 10.5 Å². The molecular formula is C13H20N2O2. The summed E-state index contributed by atoms with van der Waals surface area (Å²) in [5.74, 6) is 1.61. The third kappa shape index (κ3) is 2.70. The molecule has 2 unspecified atom stereocenters. The molecule has 3 N–H and O–H groups in total. The first-order chi connectivity index (χ1) is 8.10. The lowest BCUT2D eigenvalue weighted by Crippen LogP contribution is -2.28. The van der Waals surface area contributed by atoms with Crippen molar-refractivity contribution in [3.8, 4) is 11.5 Å². The zero-order chi connectivity index (χ0) is 12.4. The van der Waals surface area contributed by atoms with Crippen LogP contribution in [0.4, 0.5) is 0 Å². The van der Waals surface area contributed by atoms with Gasteiger partial charge < -0.3 is 15.6 Å². The second-order valence-electron chi connectivity index (χ2n) is 4.83. The van der Waals surface area contributed by atoms with Crippen molar-refractivity contribution in [2.75, 3.05) is 20.2 Å². The molecule has 94 valence electrons. The average molecular weight is 236 g/mol. The van der Waals surface area contributed by atoms with Gasteiger partial charge in [-0.1, -0.05) is 6.92 Å². The van der Waals surface area contributed by atoms with E-state index >= 15 is 0 Å². The van der Waals surface area contributed by atoms with E-state index in [1.165, 1.54) is 0 Å². The number of likely N-dealkylation sites (tertiary alicyclic amines) is 1. The highest BCUT2D eigenvalue weighted by atomic mass is 16.5. The van der Waals surface area contributed by atoms with Gasteiger partial charge in [-0.2, -0.15) is 0 Å². The number of benzene rings is 1. The first-order valence-electron chi connectivity index (χ1n) is 5.94. The molecule has 4 nitrogen and oxygen atoms in total. The molecule has 0 saturated carbocycles. The van der Waals surface area contributed by atoms with Gasteiger partial charge in [0.1, 0.15) is 11.5 Å². The van der Waals surface area contributed by atoms with Gasteiger partial charge in [-0.05, 0) is 24.1 Å². The number of hydrogen-bond donors (Lipinski definition) is 2. The highest BCUT2D eigenvalue weighted by molar-refractivity contribution is 5.39. The second kappa shape index (κ2) is 4.94. The predicted octanol–water partition coefficient (Wildman–Crippen LogP) is 1.18. The van der Waals surface area contributed by atoms with Gasteiger partial charge in [-0.15, -0.1) is 0 Å². The Bertz CT molecular complexity index is 385. The number of hydrogen-bond acceptors (Lipinski definition) is 4. The Hall–Kier alpha value is -1.26. The maximum atomic E-state index is 9.81. The number of methoxy groups -OCH3 is 1. The normalized spacial score (nSPS) is 25.1. The van der Waals surface area contributed by atoms with Crippen LogP contribution in [0, 0.1) is 5.92 Å². The number of ether oxygens (including phenoxy) is 1. The average Bonchev–Trinajstić information content (AvgIpc) is 2.61. The fourth-order valence-electron chi connectivity index (χ4n) is 2.28. The smallest absolute Gasteiger partial charge is 0.120 e. The predicted molar refractivity (Wildman–Crippen MR) is 67.1 cm³/mol. The van der Waals surface area contributed by atoms with Crippen molar-refractivity contribution in [3.05, 3.63) is 23.8 Å². The van der Waals surface area contributed by atoms with E-state index in [1.807, 2.05) is 6.07 Å². The van der Waals surface area contributed by atoms with Gasteiger partial charge in [-0.3, -0.25) is 4.90 Å². The van der Waals surface area contributed by atoms with Gasteiger partial charge in [-0.25, -0.2) is 0 Å². The molecule has 1 aliphatic heterocycles. The molecule has 2 atom stereocenters. The lowest BCUT2D eigenvalue weighted by atomic mass is 10.1. The molecule has 1 heterocycles. The summed E-state index contributed by atoms with van der Waals surface area (Å²) >= 11 is 0. The topological polar surface area (TPSA) is 58.7 Å². The monoisotopic (exact) mass is 236 g/mol. The molecule has 17 heavy (non-hydrogen) atoms. The molecule has 2 rings (SSSR count). The first-order valence-corrected chi connectivity index (χ1v) is 5.94. The molecule has 0 spiro atoms. The van der Waals surface area contributed by atoms with Gasteiger partial charge in [0.05, 0.1) is 7.11 Å². The molecule has 1 aromatic rings. The number of phenolic OH excluding ortho intramolecular Hbond substituents is 1. The van der Waals surface area contributed by atoms with Gasteiger partial charge >= 0.3 is 0 Å². The van der Waals surface area contributed by atoms with Crippen LogP contribution < -0.4 is 10.5 Å². The lowest BCUT2D eigenvalue weighted by Gasteiger charge is -2.16. The molecular weight excluding hydrogens is 216 g/mol. The Morgan fingerprint density at radius 2 is 2.24 bits per heavy atom. The Labute approximate surface area is 102 Å². The fourth-order valence-corrected chi connectivity index (χ4v) is 2.28. The minimum atomic E-state index is 0.239. The summed E-state index contributed by atoms with van der Waals surface area (Å²) in [5.41, 5.74) is 6.88. The Kier molecular flexibility index (Phi) is 3.54. The minimum absolute atomic E-state index is 0.239. The lowest BCUT2D eigenvalue weighted by molar-refractivity contribution is 0.311. The summed E-state index contributed by atoms with van der Waals surface area (Å²) < 4.78 is 5.16. The van der Waals surface area contributed by atoms with Gasteiger partial charge in [0.25, 0.3) is 0 Å². The highest BCUT2D eigenvalue weighted by Crippen LogP contribution is 2.26. The summed E-state index contributed by atoms with van der Waals surface area (Å²) in [5, 5.41) is 9.81. The number of nitrogens with zero attached hydrogens (tertiary/aromatic N) is 1. The van der Waals surface area contributed by atoms with E-state index < -0.39 is 0 Å². The van der Waals surface area contributed by atoms with Crippen molar-refractivity contribution >= 4 is 0 Å². The molecule has 0 bridgehead atoms. The molecule has 1 fully saturated rings. The standard InChI is InChI=1S/C13H20N2O2/c1-9-6-15(8-12(9)14)7-10-5-11(17-2)3-4-13(10)16/h3-5,9,12,16H,6-8,14H2,1-2H3. The summed E-state index contributed by atoms with van der Waals surface area (Å²) in [6.07, 6.45) is 0. The third-order valence-corrected chi connectivity index (χ3v) is 3.43. The van der Waals surface area contributed by atoms with Gasteiger partial charge in [0.15, 0.2) is 0 Å². The van der Waals surface area contributed by atoms with Crippen molar-refractivity contribution in [2.45, 2.75) is 19.5 Å². The zero-order valence-corrected chi connectivity index (χ0v) is 10.4. The van der Waals surface area contributed by atoms with Gasteiger partial charge in [0, 0.05) is 31.2 Å². The maximum absolute atomic E-state index is 9.81. The molecule has 0 amide bonds. The molecule has 1 aliphatic rings. The Morgan fingerprint density at radius 3 is 2.82 bits per heavy atom. The van der Waals surface area contributed by atoms with Crippen molar-refractivity contribution in [1.82, 2.24) is 4.90 Å². The van der Waals surface area contributed by atoms with Crippen LogP contribution in [0.3, 0.4) is 0 Å². The molecule has 0 radical (unpaired) electrons. The Morgan fingerprint density at radius 1 is 1.47 bits per heavy atom. The van der Waals surface area contributed by atoms with Crippen LogP contribution in [-0.2, 0) is 6.54 Å². The summed E-state index contributed by atoms with van der Waals surface area (Å²) in [7, 11) is 1.63. The fraction of sp³-hybridized carbons (Fsp3) is 0.538. The number of aromatic hydroxyl groups is 1. The quantitative estimate of drug-likeness (QED) is 0.827. The summed E-state index contributed by atoms with van der Waals surface area (Å²) in [6, 6.07) is 5.55. The summed E-state index contributed by atoms with van der Waals surface area (Å²) in [4.78, 5) is 2.27. The van der Waals surface area contributed by atoms with Gasteiger partial charge in [0.2, 0.25) is 0 Å². The van der Waals surface area contributed by atoms with Crippen molar-refractivity contribution in [3.63, 3.8) is 0 Å². The number of nitrogens with two attached hydrogens (primary N) is 1. The highest BCUT2D eigenvalue weighted by Gasteiger charge is 2.26. The van der Waals surface area contributed by atoms with Crippen LogP contribution in [0.15, 0.2) is 18.2 Å². The molecule has 4 heteroatoms. The maximum Gasteiger partial charge on any atom is 0.120 e. The van der Waals surface area contributed by atoms with E-state index in [2.05, 4.69) is 11.8 Å². The molecule has 1 aromatic carbocycles. The molecule has 0 aliphatic carbocycles. The van der Waals surface area contributed by atoms with Crippen LogP contribution in [0.25, 0.3) is 0 Å². The minimum Gasteiger partial charge on any atom is -0.508 e. The zero-order valence-electron chi connectivity index (χ0n) is 10.4. The third-order valence-electron chi connectivity index (χ3n) is 3.43. The van der Waals surface area contributed by atoms with Crippen molar-refractivity contribution in [1.29, 1.82) is 0 Å².